The van der Waals surface area contributed by atoms with E-state index in [4.69, 9.17) is 0 Å². The van der Waals surface area contributed by atoms with Gasteiger partial charge in [0.2, 0.25) is 0 Å². The van der Waals surface area contributed by atoms with Crippen molar-refractivity contribution in [2.45, 2.75) is 67.2 Å². The molecule has 4 rings (SSSR count). The fraction of sp³-hybridized carbons (Fsp3) is 0.286. The number of rotatable bonds is 10. The molecule has 0 aromatic heterocycles. The van der Waals surface area contributed by atoms with Crippen LogP contribution in [0.3, 0.4) is 0 Å². The van der Waals surface area contributed by atoms with Crippen LogP contribution in [-0.2, 0) is 6.42 Å². The number of benzene rings is 4. The third-order valence-electron chi connectivity index (χ3n) is 7.35. The maximum Gasteiger partial charge on any atom is 0.0381 e. The minimum Gasteiger partial charge on any atom is -0.359 e. The highest BCUT2D eigenvalue weighted by Gasteiger charge is 2.14. The third kappa shape index (κ3) is 15.1. The summed E-state index contributed by atoms with van der Waals surface area (Å²) in [5.41, 5.74) is 8.79. The van der Waals surface area contributed by atoms with Crippen molar-refractivity contribution in [3.05, 3.63) is 175 Å². The molecule has 1 N–H and O–H groups in total. The molecule has 0 bridgehead atoms. The molecule has 0 aliphatic carbocycles. The first kappa shape index (κ1) is 36.9. The predicted octanol–water partition coefficient (Wildman–Crippen LogP) is 12.4. The van der Waals surface area contributed by atoms with Crippen molar-refractivity contribution >= 4 is 5.69 Å². The van der Waals surface area contributed by atoms with Crippen LogP contribution in [0.5, 0.6) is 0 Å². The molecule has 0 saturated heterocycles. The summed E-state index contributed by atoms with van der Waals surface area (Å²) >= 11 is 0. The average molecular weight is 574 g/mol. The summed E-state index contributed by atoms with van der Waals surface area (Å²) in [5.74, 6) is 1.43. The van der Waals surface area contributed by atoms with E-state index in [0.717, 1.165) is 24.2 Å². The Balaban J connectivity index is 0.000000379. The minimum atomic E-state index is 0.414. The van der Waals surface area contributed by atoms with Gasteiger partial charge in [-0.1, -0.05) is 162 Å². The average Bonchev–Trinajstić information content (AvgIpc) is 3.04. The van der Waals surface area contributed by atoms with Crippen molar-refractivity contribution in [3.8, 4) is 0 Å². The Morgan fingerprint density at radius 1 is 0.674 bits per heavy atom. The van der Waals surface area contributed by atoms with Gasteiger partial charge in [-0.25, -0.2) is 0 Å². The molecule has 0 amide bonds. The van der Waals surface area contributed by atoms with Crippen LogP contribution in [-0.4, -0.2) is 0 Å². The second-order valence-electron chi connectivity index (χ2n) is 10.9. The number of nitrogens with one attached hydrogen (secondary N) is 1. The Morgan fingerprint density at radius 3 is 1.63 bits per heavy atom. The lowest BCUT2D eigenvalue weighted by Gasteiger charge is -2.22. The van der Waals surface area contributed by atoms with Crippen molar-refractivity contribution in [3.63, 3.8) is 0 Å². The highest BCUT2D eigenvalue weighted by Crippen LogP contribution is 2.24. The first-order valence-corrected chi connectivity index (χ1v) is 15.6. The molecular formula is C42H55N. The van der Waals surface area contributed by atoms with E-state index < -0.39 is 0 Å². The van der Waals surface area contributed by atoms with Crippen LogP contribution in [0.15, 0.2) is 147 Å². The number of hydrogen-bond acceptors (Lipinski definition) is 1. The molecule has 3 unspecified atom stereocenters. The van der Waals surface area contributed by atoms with Crippen LogP contribution < -0.4 is 5.32 Å². The lowest BCUT2D eigenvalue weighted by Crippen LogP contribution is -2.15. The predicted molar refractivity (Wildman–Crippen MR) is 194 cm³/mol. The second kappa shape index (κ2) is 21.6. The van der Waals surface area contributed by atoms with Gasteiger partial charge in [0.25, 0.3) is 0 Å². The Labute approximate surface area is 264 Å². The van der Waals surface area contributed by atoms with Crippen molar-refractivity contribution < 1.29 is 0 Å². The zero-order valence-corrected chi connectivity index (χ0v) is 27.8. The topological polar surface area (TPSA) is 12.0 Å². The molecule has 0 saturated carbocycles. The largest absolute Gasteiger partial charge is 0.359 e. The quantitative estimate of drug-likeness (QED) is 0.186. The summed E-state index contributed by atoms with van der Waals surface area (Å²) in [6.07, 6.45) is 5.92. The van der Waals surface area contributed by atoms with Crippen LogP contribution in [0.25, 0.3) is 0 Å². The standard InChI is InChI=1S/C22H27N.C11H14.C7H8.C2H6/c1-5-9-17(2)18(3)19(4)23-22-14-12-21(13-15-22)16-20-10-7-6-8-11-20;1-4-10(3)11-7-5-9(2)6-8-11;1-7-5-3-2-4-6-7;1-2/h5-8,10-15,17-18,23H,1,4,9,16H2,2-3H3;4-8,10H,1H2,2-3H3;2-6H,1H3;1-2H3. The number of aryl methyl sites for hydroxylation is 2. The number of allylic oxidation sites excluding steroid dienone is 3. The van der Waals surface area contributed by atoms with Crippen LogP contribution in [0.1, 0.15) is 74.8 Å². The molecule has 4 aromatic carbocycles. The highest BCUT2D eigenvalue weighted by molar-refractivity contribution is 5.49. The number of anilines is 1. The van der Waals surface area contributed by atoms with E-state index in [2.05, 4.69) is 151 Å². The van der Waals surface area contributed by atoms with Crippen LogP contribution in [0.2, 0.25) is 0 Å². The zero-order valence-electron chi connectivity index (χ0n) is 27.8. The molecule has 43 heavy (non-hydrogen) atoms. The van der Waals surface area contributed by atoms with Gasteiger partial charge in [0.15, 0.2) is 0 Å². The van der Waals surface area contributed by atoms with E-state index in [9.17, 15) is 0 Å². The lowest BCUT2D eigenvalue weighted by molar-refractivity contribution is 0.448. The van der Waals surface area contributed by atoms with Gasteiger partial charge in [0.1, 0.15) is 0 Å². The normalized spacial score (nSPS) is 11.8. The van der Waals surface area contributed by atoms with Crippen LogP contribution >= 0.6 is 0 Å². The maximum atomic E-state index is 4.20. The van der Waals surface area contributed by atoms with Gasteiger partial charge < -0.3 is 5.32 Å². The first-order chi connectivity index (χ1) is 20.7. The second-order valence-corrected chi connectivity index (χ2v) is 10.9. The monoisotopic (exact) mass is 573 g/mol. The molecule has 4 aromatic rings. The lowest BCUT2D eigenvalue weighted by atomic mass is 9.90. The Morgan fingerprint density at radius 2 is 1.16 bits per heavy atom. The maximum absolute atomic E-state index is 4.20. The van der Waals surface area contributed by atoms with Crippen molar-refractivity contribution in [2.75, 3.05) is 5.32 Å². The summed E-state index contributed by atoms with van der Waals surface area (Å²) in [7, 11) is 0. The van der Waals surface area contributed by atoms with Crippen molar-refractivity contribution in [1.29, 1.82) is 0 Å². The van der Waals surface area contributed by atoms with Gasteiger partial charge in [-0.15, -0.1) is 13.2 Å². The fourth-order valence-corrected chi connectivity index (χ4v) is 4.19. The Hall–Kier alpha value is -4.10. The number of hydrogen-bond donors (Lipinski definition) is 1. The molecule has 1 nitrogen and oxygen atoms in total. The summed E-state index contributed by atoms with van der Waals surface area (Å²) in [6.45, 7) is 26.6. The zero-order chi connectivity index (χ0) is 32.0. The third-order valence-corrected chi connectivity index (χ3v) is 7.35. The minimum absolute atomic E-state index is 0.414. The van der Waals surface area contributed by atoms with Crippen LogP contribution in [0, 0.1) is 25.7 Å². The van der Waals surface area contributed by atoms with E-state index in [-0.39, 0.29) is 0 Å². The summed E-state index contributed by atoms with van der Waals surface area (Å²) in [5, 5.41) is 3.44. The summed E-state index contributed by atoms with van der Waals surface area (Å²) in [6, 6.07) is 38.0. The van der Waals surface area contributed by atoms with Gasteiger partial charge in [0, 0.05) is 11.4 Å². The molecule has 228 valence electrons. The van der Waals surface area contributed by atoms with Gasteiger partial charge in [-0.3, -0.25) is 0 Å². The van der Waals surface area contributed by atoms with Gasteiger partial charge >= 0.3 is 0 Å². The molecule has 0 aliphatic heterocycles. The van der Waals surface area contributed by atoms with Crippen LogP contribution in [0.4, 0.5) is 5.69 Å². The van der Waals surface area contributed by atoms with Gasteiger partial charge in [-0.2, -0.15) is 0 Å². The van der Waals surface area contributed by atoms with E-state index in [1.165, 1.54) is 27.8 Å². The highest BCUT2D eigenvalue weighted by atomic mass is 14.9. The molecule has 3 atom stereocenters. The smallest absolute Gasteiger partial charge is 0.0381 e. The van der Waals surface area contributed by atoms with Crippen molar-refractivity contribution in [1.82, 2.24) is 0 Å². The molecule has 1 heteroatoms. The molecule has 0 fully saturated rings. The molecule has 0 spiro atoms. The van der Waals surface area contributed by atoms with Gasteiger partial charge in [-0.05, 0) is 73.3 Å². The SMILES string of the molecule is C=CC(C)c1ccc(C)cc1.C=CCC(C)C(C)C(=C)Nc1ccc(Cc2ccccc2)cc1.CC.Cc1ccccc1. The molecule has 0 aliphatic rings. The summed E-state index contributed by atoms with van der Waals surface area (Å²) in [4.78, 5) is 0. The van der Waals surface area contributed by atoms with Crippen molar-refractivity contribution in [2.24, 2.45) is 11.8 Å². The van der Waals surface area contributed by atoms with E-state index in [1.54, 1.807) is 0 Å². The Bertz CT molecular complexity index is 1280. The molecule has 0 heterocycles. The molecular weight excluding hydrogens is 518 g/mol. The molecule has 0 radical (unpaired) electrons. The van der Waals surface area contributed by atoms with E-state index >= 15 is 0 Å². The fourth-order valence-electron chi connectivity index (χ4n) is 4.19. The first-order valence-electron chi connectivity index (χ1n) is 15.6. The Kier molecular flexibility index (Phi) is 18.5. The van der Waals surface area contributed by atoms with E-state index in [0.29, 0.717) is 17.8 Å². The van der Waals surface area contributed by atoms with Gasteiger partial charge in [0.05, 0.1) is 0 Å². The summed E-state index contributed by atoms with van der Waals surface area (Å²) < 4.78 is 0. The van der Waals surface area contributed by atoms with E-state index in [1.807, 2.05) is 44.2 Å².